The fraction of sp³-hybridized carbons (Fsp3) is 0.608. The van der Waals surface area contributed by atoms with Gasteiger partial charge in [0.15, 0.2) is 12.4 Å². The second-order valence-electron chi connectivity index (χ2n) is 17.9. The number of benzene rings is 1. The van der Waals surface area contributed by atoms with Crippen LogP contribution in [0.1, 0.15) is 171 Å². The smallest absolute Gasteiger partial charge is 0.180 e. The van der Waals surface area contributed by atoms with Gasteiger partial charge >= 0.3 is 0 Å². The van der Waals surface area contributed by atoms with Gasteiger partial charge in [-0.2, -0.15) is 4.73 Å². The lowest BCUT2D eigenvalue weighted by molar-refractivity contribution is -0.605. The quantitative estimate of drug-likeness (QED) is 0.142. The topological polar surface area (TPSA) is 65.6 Å². The Hall–Kier alpha value is -3.60. The fourth-order valence-corrected chi connectivity index (χ4v) is 1.79. The monoisotopic (exact) mass is 781 g/mol. The van der Waals surface area contributed by atoms with Crippen LogP contribution in [-0.2, 0) is 0 Å². The van der Waals surface area contributed by atoms with E-state index in [2.05, 4.69) is 198 Å². The number of pyridine rings is 2. The van der Waals surface area contributed by atoms with Crippen LogP contribution in [0.4, 0.5) is 0 Å². The van der Waals surface area contributed by atoms with Gasteiger partial charge in [-0.15, -0.1) is 0 Å². The van der Waals surface area contributed by atoms with Gasteiger partial charge < -0.3 is 5.21 Å². The molecule has 0 N–H and O–H groups in total. The van der Waals surface area contributed by atoms with E-state index in [4.69, 9.17) is 0 Å². The highest BCUT2D eigenvalue weighted by atomic mass is 16.5. The zero-order chi connectivity index (χ0) is 45.3. The zero-order valence-corrected chi connectivity index (χ0v) is 41.3. The molecule has 3 heterocycles. The van der Waals surface area contributed by atoms with E-state index in [0.717, 1.165) is 46.2 Å². The van der Waals surface area contributed by atoms with Crippen LogP contribution in [0.5, 0.6) is 0 Å². The molecule has 0 aliphatic carbocycles. The van der Waals surface area contributed by atoms with Gasteiger partial charge in [0.05, 0.1) is 0 Å². The Labute approximate surface area is 352 Å². The Morgan fingerprint density at radius 2 is 0.589 bits per heavy atom. The molecule has 4 rings (SSSR count). The Morgan fingerprint density at radius 1 is 0.339 bits per heavy atom. The van der Waals surface area contributed by atoms with Gasteiger partial charge in [0.25, 0.3) is 0 Å². The molecular weight excluding hydrogens is 685 g/mol. The highest BCUT2D eigenvalue weighted by Crippen LogP contribution is 2.11. The molecule has 0 saturated heterocycles. The van der Waals surface area contributed by atoms with Crippen LogP contribution in [0.25, 0.3) is 0 Å². The van der Waals surface area contributed by atoms with Gasteiger partial charge in [-0.05, 0) is 71.1 Å². The lowest BCUT2D eigenvalue weighted by Gasteiger charge is -2.01. The molecule has 56 heavy (non-hydrogen) atoms. The predicted octanol–water partition coefficient (Wildman–Crippen LogP) is 16.3. The first kappa shape index (κ1) is 67.2. The molecule has 3 aromatic heterocycles. The van der Waals surface area contributed by atoms with Gasteiger partial charge in [0.2, 0.25) is 0 Å². The van der Waals surface area contributed by atoms with Crippen LogP contribution in [0.15, 0.2) is 116 Å². The molecule has 0 fully saturated rings. The fourth-order valence-electron chi connectivity index (χ4n) is 1.79. The maximum atomic E-state index is 10.2. The summed E-state index contributed by atoms with van der Waals surface area (Å²) in [5, 5.41) is 10.2. The summed E-state index contributed by atoms with van der Waals surface area (Å²) < 4.78 is 0.750. The zero-order valence-electron chi connectivity index (χ0n) is 41.3. The number of rotatable bonds is 1. The van der Waals surface area contributed by atoms with Gasteiger partial charge in [0, 0.05) is 36.9 Å². The van der Waals surface area contributed by atoms with Gasteiger partial charge in [-0.3, -0.25) is 4.98 Å². The molecule has 326 valence electrons. The van der Waals surface area contributed by atoms with Crippen LogP contribution in [0.2, 0.25) is 0 Å². The molecule has 0 aliphatic rings. The molecule has 0 unspecified atom stereocenters. The Morgan fingerprint density at radius 3 is 0.714 bits per heavy atom. The van der Waals surface area contributed by atoms with Gasteiger partial charge in [0.1, 0.15) is 6.33 Å². The molecule has 5 nitrogen and oxygen atoms in total. The van der Waals surface area contributed by atoms with Crippen LogP contribution in [0.3, 0.4) is 0 Å². The SMILES string of the molecule is CC(C)C.CC(C)C.CC(C)C.CC(C)C.CC(C)C.CC(C)C.CC(C)C.CC(C)c1ccccc1.[O-][n+]1ccccc1.c1ccncc1.c1cncnc1. The van der Waals surface area contributed by atoms with Crippen molar-refractivity contribution in [2.24, 2.45) is 41.4 Å². The first-order valence-electron chi connectivity index (χ1n) is 21.1. The highest BCUT2D eigenvalue weighted by molar-refractivity contribution is 5.17. The maximum absolute atomic E-state index is 10.2. The number of hydrogen-bond donors (Lipinski definition) is 0. The van der Waals surface area contributed by atoms with Crippen LogP contribution < -0.4 is 4.73 Å². The molecule has 5 heteroatoms. The van der Waals surface area contributed by atoms with Crippen molar-refractivity contribution in [2.45, 2.75) is 165 Å². The minimum atomic E-state index is 0.659. The first-order chi connectivity index (χ1) is 25.8. The third-order valence-corrected chi connectivity index (χ3v) is 3.20. The molecule has 0 amide bonds. The lowest BCUT2D eigenvalue weighted by Crippen LogP contribution is -2.22. The average Bonchev–Trinajstić information content (AvgIpc) is 3.06. The highest BCUT2D eigenvalue weighted by Gasteiger charge is 1.93. The minimum Gasteiger partial charge on any atom is -0.619 e. The average molecular weight is 781 g/mol. The molecule has 0 aliphatic heterocycles. The van der Waals surface area contributed by atoms with Crippen molar-refractivity contribution in [1.29, 1.82) is 0 Å². The van der Waals surface area contributed by atoms with E-state index in [9.17, 15) is 5.21 Å². The van der Waals surface area contributed by atoms with E-state index >= 15 is 0 Å². The van der Waals surface area contributed by atoms with Crippen molar-refractivity contribution in [1.82, 2.24) is 15.0 Å². The standard InChI is InChI=1S/C9H12.C5H5NO.C5H5N.C4H4N2.7C4H10/c1-8(2)9-6-4-3-5-7-9;7-6-4-2-1-3-5-6;1-2-4-6-5-3-1;1-2-5-4-6-3-1;7*1-4(2)3/h3-8H,1-2H3;1-5H;1-5H;1-4H;7*4H,1-3H3. The minimum absolute atomic E-state index is 0.659. The Bertz CT molecular complexity index is 955. The van der Waals surface area contributed by atoms with Crippen molar-refractivity contribution in [3.05, 3.63) is 127 Å². The Balaban J connectivity index is -0.0000000959. The molecule has 0 atom stereocenters. The van der Waals surface area contributed by atoms with Crippen molar-refractivity contribution < 1.29 is 4.73 Å². The predicted molar refractivity (Wildman–Crippen MR) is 256 cm³/mol. The van der Waals surface area contributed by atoms with E-state index in [1.54, 1.807) is 49.1 Å². The number of aromatic nitrogens is 4. The largest absolute Gasteiger partial charge is 0.619 e. The van der Waals surface area contributed by atoms with Crippen LogP contribution in [-0.4, -0.2) is 15.0 Å². The van der Waals surface area contributed by atoms with Crippen molar-refractivity contribution >= 4 is 0 Å². The summed E-state index contributed by atoms with van der Waals surface area (Å²) >= 11 is 0. The summed E-state index contributed by atoms with van der Waals surface area (Å²) in [7, 11) is 0. The third kappa shape index (κ3) is 152. The van der Waals surface area contributed by atoms with Crippen molar-refractivity contribution in [3.8, 4) is 0 Å². The van der Waals surface area contributed by atoms with E-state index in [1.165, 1.54) is 24.3 Å². The number of nitrogens with zero attached hydrogens (tertiary/aromatic N) is 4. The summed E-state index contributed by atoms with van der Waals surface area (Å²) in [6, 6.07) is 23.2. The molecule has 1 aromatic carbocycles. The summed E-state index contributed by atoms with van der Waals surface area (Å²) in [6.45, 7) is 49.9. The second kappa shape index (κ2) is 55.7. The maximum Gasteiger partial charge on any atom is 0.180 e. The summed E-state index contributed by atoms with van der Waals surface area (Å²) in [5.41, 5.74) is 1.41. The summed E-state index contributed by atoms with van der Waals surface area (Å²) in [6.07, 6.45) is 11.3. The van der Waals surface area contributed by atoms with Crippen molar-refractivity contribution in [3.63, 3.8) is 0 Å². The molecule has 0 bridgehead atoms. The van der Waals surface area contributed by atoms with Gasteiger partial charge in [-0.1, -0.05) is 202 Å². The number of hydrogen-bond acceptors (Lipinski definition) is 4. The van der Waals surface area contributed by atoms with Crippen molar-refractivity contribution in [2.75, 3.05) is 0 Å². The molecule has 0 saturated carbocycles. The van der Waals surface area contributed by atoms with E-state index in [0.29, 0.717) is 5.92 Å². The van der Waals surface area contributed by atoms with E-state index < -0.39 is 0 Å². The molecular formula is C51H96N4O. The third-order valence-electron chi connectivity index (χ3n) is 3.20. The summed E-state index contributed by atoms with van der Waals surface area (Å²) in [4.78, 5) is 11.1. The summed E-state index contributed by atoms with van der Waals surface area (Å²) in [5.74, 6) is 6.49. The van der Waals surface area contributed by atoms with E-state index in [-0.39, 0.29) is 0 Å². The second-order valence-corrected chi connectivity index (χ2v) is 17.9. The van der Waals surface area contributed by atoms with Gasteiger partial charge in [-0.25, -0.2) is 9.97 Å². The van der Waals surface area contributed by atoms with Crippen LogP contribution in [0, 0.1) is 46.6 Å². The first-order valence-corrected chi connectivity index (χ1v) is 21.1. The molecule has 0 spiro atoms. The molecule has 4 aromatic rings. The Kier molecular flexibility index (Phi) is 66.8. The van der Waals surface area contributed by atoms with Crippen LogP contribution >= 0.6 is 0 Å². The normalized spacial score (nSPS) is 8.91. The lowest BCUT2D eigenvalue weighted by atomic mass is 10.0. The molecule has 0 radical (unpaired) electrons. The van der Waals surface area contributed by atoms with E-state index in [1.807, 2.05) is 24.3 Å².